The Labute approximate surface area is 120 Å². The van der Waals surface area contributed by atoms with E-state index in [4.69, 9.17) is 10.3 Å². The first-order valence-corrected chi connectivity index (χ1v) is 6.32. The monoisotopic (exact) mass is 295 g/mol. The average molecular weight is 295 g/mol. The van der Waals surface area contributed by atoms with Gasteiger partial charge in [0, 0.05) is 5.56 Å². The molecule has 0 fully saturated rings. The first-order valence-electron chi connectivity index (χ1n) is 6.32. The lowest BCUT2D eigenvalue weighted by molar-refractivity contribution is 0.0118. The van der Waals surface area contributed by atoms with Gasteiger partial charge in [0.15, 0.2) is 0 Å². The summed E-state index contributed by atoms with van der Waals surface area (Å²) < 4.78 is 31.2. The first kappa shape index (κ1) is 15.1. The Kier molecular flexibility index (Phi) is 4.32. The van der Waals surface area contributed by atoms with Crippen LogP contribution in [-0.4, -0.2) is 30.1 Å². The van der Waals surface area contributed by atoms with E-state index in [2.05, 4.69) is 10.5 Å². The number of nitrogens with zero attached hydrogens (tertiary/aromatic N) is 1. The summed E-state index contributed by atoms with van der Waals surface area (Å²) in [4.78, 5) is 12.1. The molecule has 0 saturated heterocycles. The van der Waals surface area contributed by atoms with Crippen molar-refractivity contribution in [3.8, 4) is 11.3 Å². The van der Waals surface area contributed by atoms with Gasteiger partial charge in [-0.25, -0.2) is 8.78 Å². The van der Waals surface area contributed by atoms with E-state index in [1.54, 1.807) is 31.2 Å². The van der Waals surface area contributed by atoms with Gasteiger partial charge in [-0.1, -0.05) is 35.5 Å². The molecule has 0 aliphatic rings. The van der Waals surface area contributed by atoms with Crippen molar-refractivity contribution in [2.45, 2.75) is 12.8 Å². The van der Waals surface area contributed by atoms with Crippen LogP contribution in [0.5, 0.6) is 0 Å². The van der Waals surface area contributed by atoms with Crippen LogP contribution in [0.3, 0.4) is 0 Å². The Hall–Kier alpha value is -2.28. The Morgan fingerprint density at radius 1 is 1.38 bits per heavy atom. The van der Waals surface area contributed by atoms with Crippen LogP contribution in [0.1, 0.15) is 16.1 Å². The quantitative estimate of drug-likeness (QED) is 0.883. The molecular weight excluding hydrogens is 280 g/mol. The number of carbonyl (C=O) groups is 1. The van der Waals surface area contributed by atoms with Crippen LogP contribution in [0.4, 0.5) is 8.78 Å². The fourth-order valence-corrected chi connectivity index (χ4v) is 1.80. The SMILES string of the molecule is Cc1onc(-c2ccccc2)c1C(=O)NCC(F)(F)CN. The van der Waals surface area contributed by atoms with E-state index in [0.717, 1.165) is 0 Å². The summed E-state index contributed by atoms with van der Waals surface area (Å²) in [5.74, 6) is -3.55. The second-order valence-electron chi connectivity index (χ2n) is 4.57. The smallest absolute Gasteiger partial charge is 0.277 e. The number of nitrogens with one attached hydrogen (secondary N) is 1. The number of alkyl halides is 2. The van der Waals surface area contributed by atoms with E-state index < -0.39 is 24.9 Å². The molecule has 5 nitrogen and oxygen atoms in total. The maximum atomic E-state index is 13.1. The fraction of sp³-hybridized carbons (Fsp3) is 0.286. The molecule has 112 valence electrons. The number of benzene rings is 1. The highest BCUT2D eigenvalue weighted by Crippen LogP contribution is 2.25. The zero-order valence-corrected chi connectivity index (χ0v) is 11.4. The second-order valence-corrected chi connectivity index (χ2v) is 4.57. The predicted molar refractivity (Wildman–Crippen MR) is 73.0 cm³/mol. The molecule has 0 atom stereocenters. The molecule has 21 heavy (non-hydrogen) atoms. The third-order valence-corrected chi connectivity index (χ3v) is 2.94. The van der Waals surface area contributed by atoms with E-state index >= 15 is 0 Å². The standard InChI is InChI=1S/C14H15F2N3O2/c1-9-11(13(20)18-8-14(15,16)7-17)12(19-21-9)10-5-3-2-4-6-10/h2-6H,7-8,17H2,1H3,(H,18,20). The minimum Gasteiger partial charge on any atom is -0.360 e. The van der Waals surface area contributed by atoms with Crippen molar-refractivity contribution in [1.82, 2.24) is 10.5 Å². The largest absolute Gasteiger partial charge is 0.360 e. The molecule has 1 aromatic heterocycles. The number of aryl methyl sites for hydroxylation is 1. The van der Waals surface area contributed by atoms with E-state index in [1.165, 1.54) is 0 Å². The summed E-state index contributed by atoms with van der Waals surface area (Å²) in [5, 5.41) is 5.98. The molecule has 0 aliphatic heterocycles. The van der Waals surface area contributed by atoms with Crippen LogP contribution in [0.25, 0.3) is 11.3 Å². The minimum absolute atomic E-state index is 0.147. The van der Waals surface area contributed by atoms with Crippen molar-refractivity contribution in [3.05, 3.63) is 41.7 Å². The second kappa shape index (κ2) is 6.01. The zero-order valence-electron chi connectivity index (χ0n) is 11.4. The van der Waals surface area contributed by atoms with Crippen molar-refractivity contribution in [3.63, 3.8) is 0 Å². The maximum Gasteiger partial charge on any atom is 0.277 e. The van der Waals surface area contributed by atoms with Gasteiger partial charge in [0.1, 0.15) is 17.0 Å². The number of nitrogens with two attached hydrogens (primary N) is 1. The molecule has 3 N–H and O–H groups in total. The van der Waals surface area contributed by atoms with E-state index in [1.807, 2.05) is 6.07 Å². The third kappa shape index (κ3) is 3.43. The molecule has 7 heteroatoms. The maximum absolute atomic E-state index is 13.1. The highest BCUT2D eigenvalue weighted by molar-refractivity contribution is 6.00. The van der Waals surface area contributed by atoms with E-state index in [0.29, 0.717) is 11.3 Å². The molecule has 0 spiro atoms. The number of rotatable bonds is 5. The number of carbonyl (C=O) groups excluding carboxylic acids is 1. The molecule has 0 aliphatic carbocycles. The number of hydrogen-bond donors (Lipinski definition) is 2. The van der Waals surface area contributed by atoms with Gasteiger partial charge in [0.2, 0.25) is 0 Å². The van der Waals surface area contributed by atoms with E-state index in [-0.39, 0.29) is 11.3 Å². The molecule has 0 radical (unpaired) electrons. The van der Waals surface area contributed by atoms with Crippen LogP contribution in [0, 0.1) is 6.92 Å². The van der Waals surface area contributed by atoms with Crippen LogP contribution >= 0.6 is 0 Å². The van der Waals surface area contributed by atoms with Crippen LogP contribution < -0.4 is 11.1 Å². The number of aromatic nitrogens is 1. The Bertz CT molecular complexity index is 626. The van der Waals surface area contributed by atoms with Crippen molar-refractivity contribution < 1.29 is 18.1 Å². The van der Waals surface area contributed by atoms with Gasteiger partial charge in [-0.3, -0.25) is 4.79 Å². The highest BCUT2D eigenvalue weighted by atomic mass is 19.3. The van der Waals surface area contributed by atoms with Gasteiger partial charge in [-0.2, -0.15) is 0 Å². The number of halogens is 2. The van der Waals surface area contributed by atoms with Gasteiger partial charge in [-0.05, 0) is 6.92 Å². The van der Waals surface area contributed by atoms with E-state index in [9.17, 15) is 13.6 Å². The lowest BCUT2D eigenvalue weighted by Gasteiger charge is -2.14. The molecule has 1 aromatic carbocycles. The molecular formula is C14H15F2N3O2. The molecule has 2 rings (SSSR count). The average Bonchev–Trinajstić information content (AvgIpc) is 2.88. The van der Waals surface area contributed by atoms with Crippen LogP contribution in [-0.2, 0) is 0 Å². The molecule has 1 heterocycles. The van der Waals surface area contributed by atoms with Crippen molar-refractivity contribution >= 4 is 5.91 Å². The summed E-state index contributed by atoms with van der Waals surface area (Å²) in [6.45, 7) is -0.113. The molecule has 0 saturated carbocycles. The van der Waals surface area contributed by atoms with Gasteiger partial charge >= 0.3 is 0 Å². The van der Waals surface area contributed by atoms with Crippen molar-refractivity contribution in [2.75, 3.05) is 13.1 Å². The van der Waals surface area contributed by atoms with Crippen LogP contribution in [0.15, 0.2) is 34.9 Å². The molecule has 0 bridgehead atoms. The van der Waals surface area contributed by atoms with Crippen LogP contribution in [0.2, 0.25) is 0 Å². The first-order chi connectivity index (χ1) is 9.94. The molecule has 0 unspecified atom stereocenters. The topological polar surface area (TPSA) is 81.2 Å². The summed E-state index contributed by atoms with van der Waals surface area (Å²) in [5.41, 5.74) is 6.07. The Morgan fingerprint density at radius 2 is 2.05 bits per heavy atom. The lowest BCUT2D eigenvalue weighted by Crippen LogP contribution is -2.41. The summed E-state index contributed by atoms with van der Waals surface area (Å²) >= 11 is 0. The zero-order chi connectivity index (χ0) is 15.5. The molecule has 2 aromatic rings. The highest BCUT2D eigenvalue weighted by Gasteiger charge is 2.29. The van der Waals surface area contributed by atoms with Gasteiger partial charge < -0.3 is 15.6 Å². The lowest BCUT2D eigenvalue weighted by atomic mass is 10.1. The predicted octanol–water partition coefficient (Wildman–Crippen LogP) is 1.97. The summed E-state index contributed by atoms with van der Waals surface area (Å²) in [6, 6.07) is 8.89. The normalized spacial score (nSPS) is 11.4. The minimum atomic E-state index is -3.15. The number of hydrogen-bond acceptors (Lipinski definition) is 4. The van der Waals surface area contributed by atoms with Gasteiger partial charge in [0.05, 0.1) is 13.1 Å². The third-order valence-electron chi connectivity index (χ3n) is 2.94. The Balaban J connectivity index is 2.24. The Morgan fingerprint density at radius 3 is 2.67 bits per heavy atom. The number of amides is 1. The van der Waals surface area contributed by atoms with Gasteiger partial charge in [0.25, 0.3) is 11.8 Å². The van der Waals surface area contributed by atoms with Crippen molar-refractivity contribution in [1.29, 1.82) is 0 Å². The summed E-state index contributed by atoms with van der Waals surface area (Å²) in [7, 11) is 0. The van der Waals surface area contributed by atoms with Crippen molar-refractivity contribution in [2.24, 2.45) is 5.73 Å². The van der Waals surface area contributed by atoms with Gasteiger partial charge in [-0.15, -0.1) is 0 Å². The molecule has 1 amide bonds. The fourth-order valence-electron chi connectivity index (χ4n) is 1.80. The summed E-state index contributed by atoms with van der Waals surface area (Å²) in [6.07, 6.45) is 0.